The predicted molar refractivity (Wildman–Crippen MR) is 86.5 cm³/mol. The molecule has 1 heterocycles. The molecule has 0 bridgehead atoms. The Kier molecular flexibility index (Phi) is 5.91. The second-order valence-corrected chi connectivity index (χ2v) is 7.99. The van der Waals surface area contributed by atoms with E-state index >= 15 is 0 Å². The third kappa shape index (κ3) is 4.11. The van der Waals surface area contributed by atoms with Crippen LogP contribution in [0.3, 0.4) is 0 Å². The minimum absolute atomic E-state index is 0.0854. The van der Waals surface area contributed by atoms with Crippen LogP contribution in [-0.2, 0) is 10.0 Å². The van der Waals surface area contributed by atoms with Gasteiger partial charge in [0.15, 0.2) is 0 Å². The van der Waals surface area contributed by atoms with Gasteiger partial charge < -0.3 is 5.32 Å². The summed E-state index contributed by atoms with van der Waals surface area (Å²) in [4.78, 5) is 0.0854. The van der Waals surface area contributed by atoms with E-state index < -0.39 is 10.0 Å². The predicted octanol–water partition coefficient (Wildman–Crippen LogP) is 3.00. The van der Waals surface area contributed by atoms with Crippen molar-refractivity contribution in [1.29, 1.82) is 0 Å². The molecule has 1 aromatic carbocycles. The van der Waals surface area contributed by atoms with Gasteiger partial charge in [-0.25, -0.2) is 8.42 Å². The Morgan fingerprint density at radius 1 is 1.38 bits per heavy atom. The Morgan fingerprint density at radius 3 is 2.76 bits per heavy atom. The van der Waals surface area contributed by atoms with E-state index in [1.54, 1.807) is 6.07 Å². The van der Waals surface area contributed by atoms with E-state index in [9.17, 15) is 8.42 Å². The van der Waals surface area contributed by atoms with Crippen molar-refractivity contribution in [3.05, 3.63) is 28.2 Å². The van der Waals surface area contributed by atoms with Crippen LogP contribution < -0.4 is 5.32 Å². The molecule has 1 aliphatic heterocycles. The van der Waals surface area contributed by atoms with Crippen molar-refractivity contribution in [2.24, 2.45) is 5.92 Å². The fourth-order valence-corrected chi connectivity index (χ4v) is 4.84. The molecule has 2 rings (SSSR count). The fourth-order valence-electron chi connectivity index (χ4n) is 2.58. The first-order valence-corrected chi connectivity index (χ1v) is 9.30. The van der Waals surface area contributed by atoms with Crippen molar-refractivity contribution in [1.82, 2.24) is 9.62 Å². The van der Waals surface area contributed by atoms with Gasteiger partial charge in [0.2, 0.25) is 10.0 Å². The Hall–Kier alpha value is -0.330. The molecule has 7 heteroatoms. The van der Waals surface area contributed by atoms with Gasteiger partial charge in [-0.15, -0.1) is 0 Å². The zero-order valence-corrected chi connectivity index (χ0v) is 14.3. The maximum Gasteiger partial charge on any atom is 0.244 e. The molecule has 0 amide bonds. The average Bonchev–Trinajstić information content (AvgIpc) is 2.48. The summed E-state index contributed by atoms with van der Waals surface area (Å²) in [6.07, 6.45) is 2.13. The van der Waals surface area contributed by atoms with Crippen LogP contribution >= 0.6 is 23.2 Å². The van der Waals surface area contributed by atoms with Crippen molar-refractivity contribution in [2.45, 2.75) is 24.7 Å². The van der Waals surface area contributed by atoms with Gasteiger partial charge in [0, 0.05) is 18.1 Å². The van der Waals surface area contributed by atoms with E-state index in [1.807, 2.05) is 6.92 Å². The molecule has 0 spiro atoms. The van der Waals surface area contributed by atoms with Crippen LogP contribution in [0.15, 0.2) is 23.1 Å². The Balaban J connectivity index is 2.24. The highest BCUT2D eigenvalue weighted by Crippen LogP contribution is 2.28. The van der Waals surface area contributed by atoms with Crippen LogP contribution in [-0.4, -0.2) is 38.9 Å². The number of halogens is 2. The van der Waals surface area contributed by atoms with E-state index in [0.29, 0.717) is 24.0 Å². The van der Waals surface area contributed by atoms with Gasteiger partial charge in [0.25, 0.3) is 0 Å². The maximum absolute atomic E-state index is 12.8. The molecule has 1 aliphatic rings. The summed E-state index contributed by atoms with van der Waals surface area (Å²) in [5, 5.41) is 3.88. The van der Waals surface area contributed by atoms with Gasteiger partial charge in [-0.2, -0.15) is 4.31 Å². The Labute approximate surface area is 136 Å². The van der Waals surface area contributed by atoms with Crippen LogP contribution in [0.2, 0.25) is 10.0 Å². The lowest BCUT2D eigenvalue weighted by molar-refractivity contribution is 0.298. The third-order valence-corrected chi connectivity index (χ3v) is 6.38. The van der Waals surface area contributed by atoms with Crippen LogP contribution in [0.1, 0.15) is 19.8 Å². The van der Waals surface area contributed by atoms with E-state index in [0.717, 1.165) is 25.9 Å². The van der Waals surface area contributed by atoms with Gasteiger partial charge in [0.05, 0.1) is 5.02 Å². The number of rotatable bonds is 5. The molecule has 21 heavy (non-hydrogen) atoms. The van der Waals surface area contributed by atoms with Gasteiger partial charge >= 0.3 is 0 Å². The minimum Gasteiger partial charge on any atom is -0.316 e. The molecule has 0 saturated carbocycles. The average molecular weight is 351 g/mol. The number of nitrogens with zero attached hydrogens (tertiary/aromatic N) is 1. The topological polar surface area (TPSA) is 49.4 Å². The lowest BCUT2D eigenvalue weighted by Gasteiger charge is -2.29. The molecule has 4 nitrogen and oxygen atoms in total. The molecule has 1 atom stereocenters. The normalized spacial score (nSPS) is 19.9. The summed E-state index contributed by atoms with van der Waals surface area (Å²) in [5.74, 6) is 0.339. The molecule has 1 fully saturated rings. The highest BCUT2D eigenvalue weighted by Gasteiger charge is 2.28. The molecule has 1 saturated heterocycles. The highest BCUT2D eigenvalue weighted by atomic mass is 35.5. The second-order valence-electron chi connectivity index (χ2n) is 5.24. The van der Waals surface area contributed by atoms with Gasteiger partial charge in [-0.05, 0) is 50.0 Å². The Bertz CT molecular complexity index is 587. The van der Waals surface area contributed by atoms with Crippen molar-refractivity contribution in [3.63, 3.8) is 0 Å². The fraction of sp³-hybridized carbons (Fsp3) is 0.571. The summed E-state index contributed by atoms with van der Waals surface area (Å²) in [6.45, 7) is 4.63. The molecular formula is C14H20Cl2N2O2S. The number of hydrogen-bond donors (Lipinski definition) is 1. The first-order chi connectivity index (χ1) is 9.95. The Morgan fingerprint density at radius 2 is 2.14 bits per heavy atom. The number of sulfonamides is 1. The first kappa shape index (κ1) is 17.0. The van der Waals surface area contributed by atoms with Crippen molar-refractivity contribution < 1.29 is 8.42 Å². The summed E-state index contributed by atoms with van der Waals surface area (Å²) in [7, 11) is -3.61. The molecule has 1 unspecified atom stereocenters. The number of hydrogen-bond acceptors (Lipinski definition) is 3. The lowest BCUT2D eigenvalue weighted by atomic mass is 10.00. The number of benzene rings is 1. The molecule has 118 valence electrons. The second kappa shape index (κ2) is 7.29. The van der Waals surface area contributed by atoms with Gasteiger partial charge in [-0.1, -0.05) is 30.1 Å². The van der Waals surface area contributed by atoms with E-state index in [2.05, 4.69) is 5.32 Å². The maximum atomic E-state index is 12.8. The quantitative estimate of drug-likeness (QED) is 0.887. The summed E-state index contributed by atoms with van der Waals surface area (Å²) >= 11 is 12.0. The van der Waals surface area contributed by atoms with Crippen LogP contribution in [0.25, 0.3) is 0 Å². The van der Waals surface area contributed by atoms with E-state index in [4.69, 9.17) is 23.2 Å². The van der Waals surface area contributed by atoms with Crippen LogP contribution in [0.5, 0.6) is 0 Å². The zero-order chi connectivity index (χ0) is 15.5. The third-order valence-electron chi connectivity index (χ3n) is 3.72. The van der Waals surface area contributed by atoms with Crippen molar-refractivity contribution >= 4 is 33.2 Å². The molecule has 1 N–H and O–H groups in total. The molecule has 0 aromatic heterocycles. The highest BCUT2D eigenvalue weighted by molar-refractivity contribution is 7.89. The standard InChI is InChI=1S/C14H20Cl2N2O2S/c1-2-18(10-11-4-3-7-17-9-11)21(19,20)14-8-12(15)5-6-13(14)16/h5-6,8,11,17H,2-4,7,9-10H2,1H3. The summed E-state index contributed by atoms with van der Waals surface area (Å²) in [6, 6.07) is 4.53. The first-order valence-electron chi connectivity index (χ1n) is 7.11. The van der Waals surface area contributed by atoms with Crippen molar-refractivity contribution in [3.8, 4) is 0 Å². The number of nitrogens with one attached hydrogen (secondary N) is 1. The van der Waals surface area contributed by atoms with E-state index in [-0.39, 0.29) is 9.92 Å². The minimum atomic E-state index is -3.61. The smallest absolute Gasteiger partial charge is 0.244 e. The summed E-state index contributed by atoms with van der Waals surface area (Å²) < 4.78 is 27.0. The van der Waals surface area contributed by atoms with Crippen molar-refractivity contribution in [2.75, 3.05) is 26.2 Å². The molecule has 1 aromatic rings. The SMILES string of the molecule is CCN(CC1CCCNC1)S(=O)(=O)c1cc(Cl)ccc1Cl. The monoisotopic (exact) mass is 350 g/mol. The molecule has 0 aliphatic carbocycles. The largest absolute Gasteiger partial charge is 0.316 e. The number of piperidine rings is 1. The summed E-state index contributed by atoms with van der Waals surface area (Å²) in [5.41, 5.74) is 0. The molecular weight excluding hydrogens is 331 g/mol. The lowest BCUT2D eigenvalue weighted by Crippen LogP contribution is -2.41. The zero-order valence-electron chi connectivity index (χ0n) is 12.0. The van der Waals surface area contributed by atoms with Crippen LogP contribution in [0.4, 0.5) is 0 Å². The van der Waals surface area contributed by atoms with Gasteiger partial charge in [-0.3, -0.25) is 0 Å². The molecule has 0 radical (unpaired) electrons. The van der Waals surface area contributed by atoms with E-state index in [1.165, 1.54) is 16.4 Å². The van der Waals surface area contributed by atoms with Crippen LogP contribution in [0, 0.1) is 5.92 Å². The van der Waals surface area contributed by atoms with Gasteiger partial charge in [0.1, 0.15) is 4.90 Å².